The van der Waals surface area contributed by atoms with Crippen LogP contribution in [0.15, 0.2) is 24.8 Å². The van der Waals surface area contributed by atoms with E-state index < -0.39 is 0 Å². The molecule has 0 radical (unpaired) electrons. The Balaban J connectivity index is 2.27. The van der Waals surface area contributed by atoms with Crippen LogP contribution in [0.4, 0.5) is 5.82 Å². The molecule has 16 heavy (non-hydrogen) atoms. The van der Waals surface area contributed by atoms with Crippen LogP contribution in [-0.2, 0) is 6.54 Å². The van der Waals surface area contributed by atoms with E-state index in [-0.39, 0.29) is 0 Å². The van der Waals surface area contributed by atoms with Crippen molar-refractivity contribution in [1.82, 2.24) is 19.7 Å². The summed E-state index contributed by atoms with van der Waals surface area (Å²) < 4.78 is 1.93. The van der Waals surface area contributed by atoms with E-state index in [1.165, 1.54) is 0 Å². The molecule has 0 amide bonds. The number of aromatic nitrogens is 4. The Hall–Kier alpha value is -1.91. The van der Waals surface area contributed by atoms with E-state index in [2.05, 4.69) is 27.3 Å². The molecule has 0 aliphatic rings. The molecule has 0 atom stereocenters. The summed E-state index contributed by atoms with van der Waals surface area (Å²) in [6, 6.07) is 1.91. The number of rotatable bonds is 4. The van der Waals surface area contributed by atoms with Gasteiger partial charge in [-0.3, -0.25) is 4.68 Å². The molecule has 0 aliphatic heterocycles. The Bertz CT molecular complexity index is 463. The second-order valence-corrected chi connectivity index (χ2v) is 3.53. The number of anilines is 1. The predicted octanol–water partition coefficient (Wildman–Crippen LogP) is 1.79. The number of nitrogens with one attached hydrogen (secondary N) is 1. The first kappa shape index (κ1) is 10.6. The molecule has 0 saturated carbocycles. The second-order valence-electron chi connectivity index (χ2n) is 3.53. The van der Waals surface area contributed by atoms with Gasteiger partial charge in [0.05, 0.1) is 11.9 Å². The van der Waals surface area contributed by atoms with E-state index in [1.807, 2.05) is 30.2 Å². The Morgan fingerprint density at radius 2 is 2.25 bits per heavy atom. The van der Waals surface area contributed by atoms with E-state index in [9.17, 15) is 0 Å². The molecule has 1 N–H and O–H groups in total. The lowest BCUT2D eigenvalue weighted by Crippen LogP contribution is -1.96. The highest BCUT2D eigenvalue weighted by molar-refractivity contribution is 5.60. The average molecular weight is 217 g/mol. The van der Waals surface area contributed by atoms with Gasteiger partial charge in [-0.2, -0.15) is 5.10 Å². The molecular formula is C11H15N5. The van der Waals surface area contributed by atoms with Gasteiger partial charge in [0.2, 0.25) is 0 Å². The Labute approximate surface area is 94.5 Å². The van der Waals surface area contributed by atoms with Crippen molar-refractivity contribution in [3.63, 3.8) is 0 Å². The quantitative estimate of drug-likeness (QED) is 0.848. The molecule has 5 nitrogen and oxygen atoms in total. The molecule has 2 rings (SSSR count). The lowest BCUT2D eigenvalue weighted by atomic mass is 10.2. The molecule has 2 aromatic rings. The second kappa shape index (κ2) is 4.74. The summed E-state index contributed by atoms with van der Waals surface area (Å²) in [7, 11) is 1.84. The maximum absolute atomic E-state index is 4.27. The van der Waals surface area contributed by atoms with Crippen molar-refractivity contribution in [2.24, 2.45) is 0 Å². The van der Waals surface area contributed by atoms with Gasteiger partial charge >= 0.3 is 0 Å². The summed E-state index contributed by atoms with van der Waals surface area (Å²) in [5, 5.41) is 7.26. The summed E-state index contributed by atoms with van der Waals surface area (Å²) in [4.78, 5) is 8.30. The van der Waals surface area contributed by atoms with Crippen LogP contribution in [0.1, 0.15) is 13.3 Å². The monoisotopic (exact) mass is 217 g/mol. The largest absolute Gasteiger partial charge is 0.373 e. The fourth-order valence-electron chi connectivity index (χ4n) is 1.50. The van der Waals surface area contributed by atoms with Crippen LogP contribution in [-0.4, -0.2) is 26.8 Å². The van der Waals surface area contributed by atoms with E-state index in [4.69, 9.17) is 0 Å². The van der Waals surface area contributed by atoms with Gasteiger partial charge < -0.3 is 5.32 Å². The zero-order chi connectivity index (χ0) is 11.4. The van der Waals surface area contributed by atoms with Crippen molar-refractivity contribution < 1.29 is 0 Å². The van der Waals surface area contributed by atoms with Gasteiger partial charge in [0.25, 0.3) is 0 Å². The van der Waals surface area contributed by atoms with Crippen molar-refractivity contribution >= 4 is 5.82 Å². The van der Waals surface area contributed by atoms with Gasteiger partial charge in [0.1, 0.15) is 12.1 Å². The van der Waals surface area contributed by atoms with E-state index in [0.717, 1.165) is 30.0 Å². The van der Waals surface area contributed by atoms with E-state index in [1.54, 1.807) is 6.33 Å². The van der Waals surface area contributed by atoms with Crippen molar-refractivity contribution in [3.8, 4) is 11.3 Å². The number of aryl methyl sites for hydroxylation is 1. The lowest BCUT2D eigenvalue weighted by molar-refractivity contribution is 0.603. The van der Waals surface area contributed by atoms with Crippen LogP contribution < -0.4 is 5.32 Å². The SMILES string of the molecule is CCCn1cc(-c2cc(NC)ncn2)cn1. The molecule has 2 aromatic heterocycles. The summed E-state index contributed by atoms with van der Waals surface area (Å²) in [6.45, 7) is 3.06. The maximum atomic E-state index is 4.27. The molecule has 0 bridgehead atoms. The van der Waals surface area contributed by atoms with Crippen LogP contribution in [0, 0.1) is 0 Å². The zero-order valence-corrected chi connectivity index (χ0v) is 9.51. The van der Waals surface area contributed by atoms with Crippen molar-refractivity contribution in [2.45, 2.75) is 19.9 Å². The Kier molecular flexibility index (Phi) is 3.14. The standard InChI is InChI=1S/C11H15N5/c1-3-4-16-7-9(6-15-16)10-5-11(12-2)14-8-13-10/h5-8H,3-4H2,1-2H3,(H,12,13,14). The molecule has 0 spiro atoms. The van der Waals surface area contributed by atoms with Crippen molar-refractivity contribution in [3.05, 3.63) is 24.8 Å². The van der Waals surface area contributed by atoms with Crippen LogP contribution in [0.3, 0.4) is 0 Å². The minimum atomic E-state index is 0.813. The van der Waals surface area contributed by atoms with Gasteiger partial charge in [-0.25, -0.2) is 9.97 Å². The number of hydrogen-bond acceptors (Lipinski definition) is 4. The normalized spacial score (nSPS) is 10.4. The molecule has 5 heteroatoms. The smallest absolute Gasteiger partial charge is 0.129 e. The van der Waals surface area contributed by atoms with Gasteiger partial charge in [0.15, 0.2) is 0 Å². The van der Waals surface area contributed by atoms with Gasteiger partial charge in [0, 0.05) is 31.4 Å². The molecule has 0 unspecified atom stereocenters. The molecular weight excluding hydrogens is 202 g/mol. The minimum absolute atomic E-state index is 0.813. The molecule has 0 fully saturated rings. The van der Waals surface area contributed by atoms with Crippen LogP contribution in [0.25, 0.3) is 11.3 Å². The summed E-state index contributed by atoms with van der Waals surface area (Å²) >= 11 is 0. The van der Waals surface area contributed by atoms with Crippen LogP contribution in [0.5, 0.6) is 0 Å². The van der Waals surface area contributed by atoms with E-state index in [0.29, 0.717) is 0 Å². The molecule has 2 heterocycles. The third-order valence-electron chi connectivity index (χ3n) is 2.30. The van der Waals surface area contributed by atoms with E-state index >= 15 is 0 Å². The summed E-state index contributed by atoms with van der Waals surface area (Å²) in [6.07, 6.45) is 6.47. The highest BCUT2D eigenvalue weighted by atomic mass is 15.3. The zero-order valence-electron chi connectivity index (χ0n) is 9.51. The van der Waals surface area contributed by atoms with Gasteiger partial charge in [-0.15, -0.1) is 0 Å². The molecule has 0 aliphatic carbocycles. The van der Waals surface area contributed by atoms with Gasteiger partial charge in [-0.05, 0) is 6.42 Å². The average Bonchev–Trinajstić information content (AvgIpc) is 2.78. The molecule has 0 saturated heterocycles. The minimum Gasteiger partial charge on any atom is -0.373 e. The van der Waals surface area contributed by atoms with Crippen LogP contribution in [0.2, 0.25) is 0 Å². The third kappa shape index (κ3) is 2.18. The van der Waals surface area contributed by atoms with Gasteiger partial charge in [-0.1, -0.05) is 6.92 Å². The number of nitrogens with zero attached hydrogens (tertiary/aromatic N) is 4. The highest BCUT2D eigenvalue weighted by Crippen LogP contribution is 2.17. The Morgan fingerprint density at radius 3 is 3.00 bits per heavy atom. The first-order valence-electron chi connectivity index (χ1n) is 5.36. The molecule has 0 aromatic carbocycles. The molecule has 84 valence electrons. The first-order valence-corrected chi connectivity index (χ1v) is 5.36. The fourth-order valence-corrected chi connectivity index (χ4v) is 1.50. The van der Waals surface area contributed by atoms with Crippen molar-refractivity contribution in [1.29, 1.82) is 0 Å². The summed E-state index contributed by atoms with van der Waals surface area (Å²) in [5.41, 5.74) is 1.91. The first-order chi connectivity index (χ1) is 7.83. The van der Waals surface area contributed by atoms with Crippen LogP contribution >= 0.6 is 0 Å². The fraction of sp³-hybridized carbons (Fsp3) is 0.364. The Morgan fingerprint density at radius 1 is 1.38 bits per heavy atom. The topological polar surface area (TPSA) is 55.6 Å². The van der Waals surface area contributed by atoms with Crippen molar-refractivity contribution in [2.75, 3.05) is 12.4 Å². The highest BCUT2D eigenvalue weighted by Gasteiger charge is 2.03. The maximum Gasteiger partial charge on any atom is 0.129 e. The predicted molar refractivity (Wildman–Crippen MR) is 63.1 cm³/mol. The number of hydrogen-bond donors (Lipinski definition) is 1. The third-order valence-corrected chi connectivity index (χ3v) is 2.30. The summed E-state index contributed by atoms with van der Waals surface area (Å²) in [5.74, 6) is 0.813. The lowest BCUT2D eigenvalue weighted by Gasteiger charge is -2.00.